The first-order valence-electron chi connectivity index (χ1n) is 4.19. The number of halogens is 1. The number of aliphatic hydroxyl groups excluding tert-OH is 1. The van der Waals surface area contributed by atoms with E-state index >= 15 is 0 Å². The molecule has 0 saturated carbocycles. The second kappa shape index (κ2) is 4.63. The van der Waals surface area contributed by atoms with Gasteiger partial charge in [-0.1, -0.05) is 15.9 Å². The van der Waals surface area contributed by atoms with Gasteiger partial charge in [0.2, 0.25) is 0 Å². The normalized spacial score (nSPS) is 10.5. The molecule has 1 aromatic rings. The molecule has 0 unspecified atom stereocenters. The van der Waals surface area contributed by atoms with Crippen LogP contribution < -0.4 is 4.74 Å². The maximum absolute atomic E-state index is 8.99. The Bertz CT molecular complexity index is 284. The van der Waals surface area contributed by atoms with Crippen molar-refractivity contribution in [2.24, 2.45) is 0 Å². The lowest BCUT2D eigenvalue weighted by atomic mass is 10.2. The van der Waals surface area contributed by atoms with Crippen LogP contribution in [0.5, 0.6) is 5.75 Å². The number of rotatable bonds is 3. The summed E-state index contributed by atoms with van der Waals surface area (Å²) in [4.78, 5) is 0. The molecule has 1 N–H and O–H groups in total. The molecule has 0 bridgehead atoms. The van der Waals surface area contributed by atoms with Crippen LogP contribution in [-0.2, 0) is 6.61 Å². The lowest BCUT2D eigenvalue weighted by Gasteiger charge is -2.11. The van der Waals surface area contributed by atoms with E-state index in [9.17, 15) is 0 Å². The first-order chi connectivity index (χ1) is 6.13. The summed E-state index contributed by atoms with van der Waals surface area (Å²) < 4.78 is 6.39. The Kier molecular flexibility index (Phi) is 3.75. The number of ether oxygens (including phenoxy) is 1. The molecule has 0 radical (unpaired) electrons. The summed E-state index contributed by atoms with van der Waals surface area (Å²) in [6.07, 6.45) is 0.160. The molecule has 0 fully saturated rings. The minimum atomic E-state index is 0.0237. The van der Waals surface area contributed by atoms with Crippen LogP contribution in [0, 0.1) is 0 Å². The first-order valence-corrected chi connectivity index (χ1v) is 4.98. The fraction of sp³-hybridized carbons (Fsp3) is 0.400. The smallest absolute Gasteiger partial charge is 0.120 e. The predicted octanol–water partition coefficient (Wildman–Crippen LogP) is 2.73. The zero-order valence-corrected chi connectivity index (χ0v) is 9.34. The van der Waals surface area contributed by atoms with E-state index < -0.39 is 0 Å². The number of hydrogen-bond donors (Lipinski definition) is 1. The Hall–Kier alpha value is -0.540. The van der Waals surface area contributed by atoms with Crippen LogP contribution in [0.3, 0.4) is 0 Å². The highest BCUT2D eigenvalue weighted by molar-refractivity contribution is 9.10. The molecule has 1 rings (SSSR count). The minimum Gasteiger partial charge on any atom is -0.491 e. The van der Waals surface area contributed by atoms with Crippen molar-refractivity contribution in [3.8, 4) is 5.75 Å². The average Bonchev–Trinajstić information content (AvgIpc) is 2.07. The Morgan fingerprint density at radius 3 is 2.69 bits per heavy atom. The summed E-state index contributed by atoms with van der Waals surface area (Å²) in [5.41, 5.74) is 0.846. The zero-order valence-electron chi connectivity index (χ0n) is 7.75. The van der Waals surface area contributed by atoms with Crippen molar-refractivity contribution >= 4 is 15.9 Å². The first kappa shape index (κ1) is 10.5. The third-order valence-electron chi connectivity index (χ3n) is 1.56. The largest absolute Gasteiger partial charge is 0.491 e. The molecule has 0 atom stereocenters. The van der Waals surface area contributed by atoms with Gasteiger partial charge in [0.25, 0.3) is 0 Å². The van der Waals surface area contributed by atoms with E-state index in [1.807, 2.05) is 32.0 Å². The van der Waals surface area contributed by atoms with Gasteiger partial charge in [0.1, 0.15) is 5.75 Å². The minimum absolute atomic E-state index is 0.0237. The summed E-state index contributed by atoms with van der Waals surface area (Å²) in [5.74, 6) is 0.794. The van der Waals surface area contributed by atoms with Crippen molar-refractivity contribution in [1.29, 1.82) is 0 Å². The molecule has 2 nitrogen and oxygen atoms in total. The van der Waals surface area contributed by atoms with Crippen molar-refractivity contribution in [1.82, 2.24) is 0 Å². The summed E-state index contributed by atoms with van der Waals surface area (Å²) in [6, 6.07) is 5.59. The summed E-state index contributed by atoms with van der Waals surface area (Å²) in [5, 5.41) is 8.99. The Labute approximate surface area is 86.7 Å². The third kappa shape index (κ3) is 3.01. The summed E-state index contributed by atoms with van der Waals surface area (Å²) >= 11 is 3.34. The van der Waals surface area contributed by atoms with Gasteiger partial charge in [0, 0.05) is 4.47 Å². The van der Waals surface area contributed by atoms with Gasteiger partial charge >= 0.3 is 0 Å². The Morgan fingerprint density at radius 2 is 2.15 bits per heavy atom. The van der Waals surface area contributed by atoms with Gasteiger partial charge in [-0.15, -0.1) is 0 Å². The van der Waals surface area contributed by atoms with Gasteiger partial charge in [0.05, 0.1) is 12.7 Å². The fourth-order valence-electron chi connectivity index (χ4n) is 1.02. The van der Waals surface area contributed by atoms with E-state index in [0.29, 0.717) is 0 Å². The van der Waals surface area contributed by atoms with Gasteiger partial charge in [-0.2, -0.15) is 0 Å². The molecule has 0 heterocycles. The van der Waals surface area contributed by atoms with Crippen LogP contribution in [0.1, 0.15) is 19.4 Å². The van der Waals surface area contributed by atoms with Gasteiger partial charge in [0.15, 0.2) is 0 Å². The molecule has 0 saturated heterocycles. The van der Waals surface area contributed by atoms with Crippen LogP contribution in [-0.4, -0.2) is 11.2 Å². The maximum atomic E-state index is 8.99. The molecular formula is C10H13BrO2. The van der Waals surface area contributed by atoms with E-state index in [1.54, 1.807) is 0 Å². The van der Waals surface area contributed by atoms with E-state index in [1.165, 1.54) is 0 Å². The average molecular weight is 245 g/mol. The monoisotopic (exact) mass is 244 g/mol. The molecule has 3 heteroatoms. The highest BCUT2D eigenvalue weighted by atomic mass is 79.9. The zero-order chi connectivity index (χ0) is 9.84. The van der Waals surface area contributed by atoms with Gasteiger partial charge in [-0.05, 0) is 37.6 Å². The molecular weight excluding hydrogens is 232 g/mol. The maximum Gasteiger partial charge on any atom is 0.120 e. The van der Waals surface area contributed by atoms with Crippen molar-refractivity contribution in [3.63, 3.8) is 0 Å². The molecule has 0 aliphatic heterocycles. The third-order valence-corrected chi connectivity index (χ3v) is 2.33. The predicted molar refractivity (Wildman–Crippen MR) is 55.8 cm³/mol. The molecule has 0 amide bonds. The molecule has 13 heavy (non-hydrogen) atoms. The van der Waals surface area contributed by atoms with Crippen molar-refractivity contribution in [3.05, 3.63) is 28.2 Å². The van der Waals surface area contributed by atoms with E-state index in [2.05, 4.69) is 15.9 Å². The lowest BCUT2D eigenvalue weighted by molar-refractivity contribution is 0.240. The van der Waals surface area contributed by atoms with Gasteiger partial charge < -0.3 is 9.84 Å². The van der Waals surface area contributed by atoms with Gasteiger partial charge in [-0.25, -0.2) is 0 Å². The summed E-state index contributed by atoms with van der Waals surface area (Å²) in [6.45, 7) is 3.97. The van der Waals surface area contributed by atoms with Crippen molar-refractivity contribution in [2.45, 2.75) is 26.6 Å². The number of benzene rings is 1. The van der Waals surface area contributed by atoms with Crippen LogP contribution >= 0.6 is 15.9 Å². The molecule has 1 aromatic carbocycles. The van der Waals surface area contributed by atoms with E-state index in [0.717, 1.165) is 15.8 Å². The second-order valence-electron chi connectivity index (χ2n) is 3.08. The van der Waals surface area contributed by atoms with Crippen LogP contribution in [0.15, 0.2) is 22.7 Å². The van der Waals surface area contributed by atoms with Gasteiger partial charge in [-0.3, -0.25) is 0 Å². The molecule has 0 aliphatic carbocycles. The molecule has 72 valence electrons. The number of hydrogen-bond acceptors (Lipinski definition) is 2. The Morgan fingerprint density at radius 1 is 1.46 bits per heavy atom. The molecule has 0 spiro atoms. The standard InChI is InChI=1S/C10H13BrO2/c1-7(2)13-9-3-4-10(11)8(5-9)6-12/h3-5,7,12H,6H2,1-2H3. The van der Waals surface area contributed by atoms with Crippen molar-refractivity contribution < 1.29 is 9.84 Å². The quantitative estimate of drug-likeness (QED) is 0.887. The summed E-state index contributed by atoms with van der Waals surface area (Å²) in [7, 11) is 0. The van der Waals surface area contributed by atoms with Crippen molar-refractivity contribution in [2.75, 3.05) is 0 Å². The fourth-order valence-corrected chi connectivity index (χ4v) is 1.39. The SMILES string of the molecule is CC(C)Oc1ccc(Br)c(CO)c1. The molecule has 0 aliphatic rings. The highest BCUT2D eigenvalue weighted by Crippen LogP contribution is 2.23. The topological polar surface area (TPSA) is 29.5 Å². The van der Waals surface area contributed by atoms with Crippen LogP contribution in [0.25, 0.3) is 0 Å². The Balaban J connectivity index is 2.86. The van der Waals surface area contributed by atoms with Crippen LogP contribution in [0.4, 0.5) is 0 Å². The highest BCUT2D eigenvalue weighted by Gasteiger charge is 2.02. The lowest BCUT2D eigenvalue weighted by Crippen LogP contribution is -2.05. The number of aliphatic hydroxyl groups is 1. The van der Waals surface area contributed by atoms with Crippen LogP contribution in [0.2, 0.25) is 0 Å². The van der Waals surface area contributed by atoms with E-state index in [-0.39, 0.29) is 12.7 Å². The van der Waals surface area contributed by atoms with E-state index in [4.69, 9.17) is 9.84 Å². The molecule has 0 aromatic heterocycles. The second-order valence-corrected chi connectivity index (χ2v) is 3.93.